The Morgan fingerprint density at radius 3 is 1.17 bits per heavy atom. The average Bonchev–Trinajstić information content (AvgIpc) is 1.62. The second-order valence-electron chi connectivity index (χ2n) is 34.7. The van der Waals surface area contributed by atoms with E-state index in [9.17, 15) is 123 Å². The van der Waals surface area contributed by atoms with Crippen molar-refractivity contribution >= 4 is 173 Å². The Kier molecular flexibility index (Phi) is 41.5. The summed E-state index contributed by atoms with van der Waals surface area (Å²) in [4.78, 5) is 273. The van der Waals surface area contributed by atoms with E-state index >= 15 is 0 Å². The van der Waals surface area contributed by atoms with E-state index in [1.54, 1.807) is 47.1 Å². The summed E-state index contributed by atoms with van der Waals surface area (Å²) in [5, 5.41) is 32.2. The number of hydrogen-bond donors (Lipinski definition) is 9. The number of esters is 5. The number of hydrogen-bond acceptors (Lipinski definition) is 33. The molecule has 5 aromatic carbocycles. The molecule has 11 aliphatic rings. The lowest BCUT2D eigenvalue weighted by Gasteiger charge is -2.41. The van der Waals surface area contributed by atoms with Crippen LogP contribution >= 0.6 is 24.8 Å². The van der Waals surface area contributed by atoms with Gasteiger partial charge in [-0.25, -0.2) is 41.9 Å². The molecule has 0 aromatic heterocycles. The third kappa shape index (κ3) is 31.1. The van der Waals surface area contributed by atoms with Crippen molar-refractivity contribution in [2.45, 2.75) is 195 Å². The molecule has 16 rings (SSSR count). The summed E-state index contributed by atoms with van der Waals surface area (Å²) in [7, 11) is 0. The molecule has 11 aliphatic heterocycles. The number of benzene rings is 5. The van der Waals surface area contributed by atoms with Gasteiger partial charge in [-0.2, -0.15) is 0 Å². The van der Waals surface area contributed by atoms with E-state index in [1.807, 2.05) is 61.5 Å². The van der Waals surface area contributed by atoms with Crippen molar-refractivity contribution < 1.29 is 157 Å². The zero-order valence-electron chi connectivity index (χ0n) is 79.4. The van der Waals surface area contributed by atoms with Crippen LogP contribution in [0.15, 0.2) is 91.0 Å². The van der Waals surface area contributed by atoms with Crippen LogP contribution in [0.3, 0.4) is 0 Å². The number of nitrogens with two attached hydrogens (primary N) is 1. The van der Waals surface area contributed by atoms with Crippen LogP contribution in [0.25, 0.3) is 0 Å². The van der Waals surface area contributed by atoms with Gasteiger partial charge < -0.3 is 69.9 Å². The minimum atomic E-state index is -1.46. The quantitative estimate of drug-likeness (QED) is 0.0402. The number of cyclic esters (lactones) is 2. The molecule has 0 saturated carbocycles. The molecule has 0 spiro atoms. The van der Waals surface area contributed by atoms with Crippen LogP contribution in [0.2, 0.25) is 0 Å². The molecule has 142 heavy (non-hydrogen) atoms. The lowest BCUT2D eigenvalue weighted by atomic mass is 10.0. The summed E-state index contributed by atoms with van der Waals surface area (Å²) in [5.41, 5.74) is 6.24. The summed E-state index contributed by atoms with van der Waals surface area (Å²) in [6, 6.07) is 16.4. The van der Waals surface area contributed by atoms with Gasteiger partial charge in [-0.05, 0) is 186 Å². The van der Waals surface area contributed by atoms with Crippen LogP contribution in [0, 0.1) is 17.5 Å². The van der Waals surface area contributed by atoms with Crippen molar-refractivity contribution in [1.82, 2.24) is 56.4 Å². The predicted molar refractivity (Wildman–Crippen MR) is 495 cm³/mol. The Balaban J connectivity index is 0.000000256. The summed E-state index contributed by atoms with van der Waals surface area (Å²) < 4.78 is 61.6. The number of amides is 16. The molecule has 16 amide bonds. The number of halogens is 5. The number of carbonyl (C=O) groups excluding carboxylic acids is 21. The zero-order valence-corrected chi connectivity index (χ0v) is 81.0. The topological polar surface area (TPSA) is 600 Å². The van der Waals surface area contributed by atoms with Crippen molar-refractivity contribution in [3.63, 3.8) is 0 Å². The van der Waals surface area contributed by atoms with Gasteiger partial charge in [0.1, 0.15) is 46.8 Å². The maximum atomic E-state index is 13.2. The summed E-state index contributed by atoms with van der Waals surface area (Å²) in [5.74, 6) is -14.7. The predicted octanol–water partition coefficient (Wildman–Crippen LogP) is 5.48. The highest BCUT2D eigenvalue weighted by atomic mass is 35.5. The van der Waals surface area contributed by atoms with Crippen LogP contribution < -0.4 is 47.4 Å². The minimum Gasteiger partial charge on any atom is -0.478 e. The number of anilines is 2. The maximum absolute atomic E-state index is 13.2. The molecule has 0 aliphatic carbocycles. The third-order valence-corrected chi connectivity index (χ3v) is 21.7. The highest BCUT2D eigenvalue weighted by molar-refractivity contribution is 6.26. The van der Waals surface area contributed by atoms with E-state index in [2.05, 4.69) is 62.8 Å². The van der Waals surface area contributed by atoms with Gasteiger partial charge in [0.15, 0.2) is 0 Å². The van der Waals surface area contributed by atoms with Crippen LogP contribution in [-0.2, 0) is 76.4 Å². The van der Waals surface area contributed by atoms with Crippen molar-refractivity contribution in [1.29, 1.82) is 0 Å². The molecule has 49 heteroatoms. The molecular weight excluding hydrogens is 1920 g/mol. The van der Waals surface area contributed by atoms with Gasteiger partial charge >= 0.3 is 54.0 Å². The second-order valence-corrected chi connectivity index (χ2v) is 34.7. The fourth-order valence-electron chi connectivity index (χ4n) is 15.2. The number of carboxylic acids is 2. The summed E-state index contributed by atoms with van der Waals surface area (Å²) in [6.45, 7) is 29.7. The van der Waals surface area contributed by atoms with Crippen molar-refractivity contribution in [2.24, 2.45) is 5.73 Å². The first kappa shape index (κ1) is 116. The largest absolute Gasteiger partial charge is 0.478 e. The number of nitrogens with one attached hydrogen (secondary N) is 6. The van der Waals surface area contributed by atoms with E-state index in [0.29, 0.717) is 62.3 Å². The second kappa shape index (κ2) is 50.8. The number of ether oxygens (including phenoxy) is 5. The number of fused-ring (bicyclic) bond motifs is 4. The number of aromatic carboxylic acids is 2. The molecule has 11 heterocycles. The maximum Gasteiger partial charge on any atom is 0.410 e. The molecule has 766 valence electrons. The normalized spacial score (nSPS) is 20.3. The van der Waals surface area contributed by atoms with E-state index in [4.69, 9.17) is 25.4 Å². The molecule has 44 nitrogen and oxygen atoms in total. The zero-order chi connectivity index (χ0) is 104. The molecule has 0 bridgehead atoms. The van der Waals surface area contributed by atoms with E-state index < -0.39 is 165 Å². The number of piperazine rings is 3. The average molecular weight is 2030 g/mol. The molecule has 7 atom stereocenters. The summed E-state index contributed by atoms with van der Waals surface area (Å²) in [6.07, 6.45) is 0.901. The van der Waals surface area contributed by atoms with Gasteiger partial charge in [0.2, 0.25) is 47.3 Å². The van der Waals surface area contributed by atoms with Crippen molar-refractivity contribution in [2.75, 3.05) is 75.3 Å². The van der Waals surface area contributed by atoms with Gasteiger partial charge in [0.05, 0.1) is 68.3 Å². The number of carbonyl (C=O) groups is 23. The van der Waals surface area contributed by atoms with E-state index in [-0.39, 0.29) is 145 Å². The highest BCUT2D eigenvalue weighted by Gasteiger charge is 2.49. The molecule has 7 saturated heterocycles. The number of carboxylic acid groups (broad SMARTS) is 2. The molecule has 4 unspecified atom stereocenters. The van der Waals surface area contributed by atoms with Crippen LogP contribution in [0.1, 0.15) is 245 Å². The van der Waals surface area contributed by atoms with Crippen molar-refractivity contribution in [3.8, 4) is 0 Å². The monoisotopic (exact) mass is 2030 g/mol. The van der Waals surface area contributed by atoms with E-state index in [1.165, 1.54) is 32.9 Å². The van der Waals surface area contributed by atoms with Gasteiger partial charge in [0, 0.05) is 135 Å². The van der Waals surface area contributed by atoms with Crippen LogP contribution in [0.4, 0.5) is 34.1 Å². The Labute approximate surface area is 822 Å². The Hall–Kier alpha value is -14.8. The smallest absolute Gasteiger partial charge is 0.410 e. The fraction of sp³-hybridized carbons (Fsp3) is 0.430. The SMILES string of the molecule is CC(=O)OC(C)=O.CCOC(C)=O.C[C@H]1CN(c2ccc3c(c2)C(=O)N(C2CCC(=O)NC2=O)C3=O)CCN1.C[C@H]1CN(c2ccc3c(c2)C(=O)N(C2CCC(=O)NC2=O)C3=O)CCN1C(=O)OC(C)(C)C.C[C@H]1CNCCN1C(=O)OC(C)(C)C.Cl.Cl.NC1CCC(=O)NC1=O.O=C(O)c1ccc(F)cc1C(=O)O.O=C1CCC(N2C(=O)c3ccc(F)cc3C2=O)C(=O)N1.O=C1OC(=O)c2cc(F)ccc21. The van der Waals surface area contributed by atoms with Gasteiger partial charge in [-0.1, -0.05) is 0 Å². The first-order valence-corrected chi connectivity index (χ1v) is 44.0. The molecule has 5 aromatic rings. The van der Waals surface area contributed by atoms with Gasteiger partial charge in [-0.3, -0.25) is 117 Å². The number of imide groups is 7. The lowest BCUT2D eigenvalue weighted by molar-refractivity contribution is -0.156. The molecule has 0 radical (unpaired) electrons. The number of rotatable bonds is 8. The molecule has 7 fully saturated rings. The Morgan fingerprint density at radius 2 is 0.803 bits per heavy atom. The van der Waals surface area contributed by atoms with E-state index in [0.717, 1.165) is 102 Å². The number of nitrogens with zero attached hydrogens (tertiary/aromatic N) is 7. The van der Waals surface area contributed by atoms with Crippen LogP contribution in [0.5, 0.6) is 0 Å². The first-order chi connectivity index (χ1) is 65.6. The molecule has 10 N–H and O–H groups in total. The van der Waals surface area contributed by atoms with Crippen LogP contribution in [-0.4, -0.2) is 290 Å². The minimum absolute atomic E-state index is 0. The van der Waals surface area contributed by atoms with Gasteiger partial charge in [0.25, 0.3) is 35.4 Å². The number of piperidine rings is 4. The fourth-order valence-corrected chi connectivity index (χ4v) is 15.2. The first-order valence-electron chi connectivity index (χ1n) is 44.0. The highest BCUT2D eigenvalue weighted by Crippen LogP contribution is 2.35. The Bertz CT molecular complexity index is 5800. The lowest BCUT2D eigenvalue weighted by Crippen LogP contribution is -2.55. The Morgan fingerprint density at radius 1 is 0.430 bits per heavy atom. The third-order valence-electron chi connectivity index (χ3n) is 21.7. The molecular formula is C93H109Cl2F3N14O30. The van der Waals surface area contributed by atoms with Crippen molar-refractivity contribution in [3.05, 3.63) is 164 Å². The summed E-state index contributed by atoms with van der Waals surface area (Å²) >= 11 is 0. The standard InChI is InChI=1S/C23H28N4O6.C18H20N4O4.C13H9FN2O4.C10H20N2O2.C8H5FO4.C8H3FO3.C5H8N2O2.C4H6O3.C4H8O2.2ClH/c1-13-12-25(9-10-26(13)22(32)33-23(2,3)4)14-5-6-15-16(11-14)21(31)27(20(15)30)17-7-8-18(28)24-19(17)29;1-10-9-21(7-6-19-10)11-2-3-12-13(8-11)18(26)22(17(12)25)14-4-5-15(23)20-16(14)24;14-6-1-2-7-8(5-6)13(20)16(12(7)19)9-3-4-10(17)15-11(9)18;1-8-7-11-5-6-12(8)9(13)14-10(2,3)4;9-4-1-2-5(7(10)11)6(3-4)8(12)13;9-4-1-2-5-6(3-4)8(11)12-7(5)10;6-3-1-2-4(8)7-5(3)9;1-3(5)7-4(2)6;1-3-6-4(2)5;;/h5-6,11,13,17H,7-10,12H2,1-4H3,(H,24,28,29);2-3,8,10,14,19H,4-7,9H2,1H3,(H,20,23,24);1-2,5,9H,3-4H2,(H,15,17,18);8,11H,5-7H2,1-4H3;1-3H,(H,10,11)(H,12,13);1-3H;3H,1-2,6H2,(H,7,8,9);1-2H3;3H2,1-2H3;2*1H/t13-,17?;10-,14?;;8-;;;;;;;/m00.0......./s1. The van der Waals surface area contributed by atoms with Gasteiger partial charge in [-0.15, -0.1) is 24.8 Å².